The molecule has 0 saturated carbocycles. The van der Waals surface area contributed by atoms with E-state index in [2.05, 4.69) is 4.72 Å². The van der Waals surface area contributed by atoms with E-state index >= 15 is 0 Å². The molecule has 6 nitrogen and oxygen atoms in total. The van der Waals surface area contributed by atoms with Crippen molar-refractivity contribution in [1.29, 1.82) is 0 Å². The fourth-order valence-electron chi connectivity index (χ4n) is 1.88. The fraction of sp³-hybridized carbons (Fsp3) is 0.500. The van der Waals surface area contributed by atoms with Gasteiger partial charge in [-0.2, -0.15) is 0 Å². The Morgan fingerprint density at radius 1 is 1.33 bits per heavy atom. The molecule has 21 heavy (non-hydrogen) atoms. The molecule has 0 bridgehead atoms. The van der Waals surface area contributed by atoms with Crippen molar-refractivity contribution < 1.29 is 17.9 Å². The molecule has 0 spiro atoms. The molecule has 1 aromatic carbocycles. The summed E-state index contributed by atoms with van der Waals surface area (Å²) in [7, 11) is -3.63. The predicted molar refractivity (Wildman–Crippen MR) is 81.4 cm³/mol. The Labute approximate surface area is 125 Å². The van der Waals surface area contributed by atoms with Crippen molar-refractivity contribution in [2.45, 2.75) is 38.5 Å². The number of nitrogens with two attached hydrogens (primary N) is 1. The van der Waals surface area contributed by atoms with Gasteiger partial charge < -0.3 is 10.5 Å². The van der Waals surface area contributed by atoms with Crippen LogP contribution in [-0.2, 0) is 19.6 Å². The molecule has 0 aliphatic carbocycles. The van der Waals surface area contributed by atoms with Crippen molar-refractivity contribution in [2.75, 3.05) is 18.9 Å². The molecule has 0 atom stereocenters. The highest BCUT2D eigenvalue weighted by Crippen LogP contribution is 2.22. The van der Waals surface area contributed by atoms with Gasteiger partial charge in [-0.15, -0.1) is 0 Å². The molecule has 1 rings (SSSR count). The van der Waals surface area contributed by atoms with E-state index in [1.54, 1.807) is 32.9 Å². The SMILES string of the molecule is CCOC(=O)CCCNS(=O)(=O)c1cc(C)cc(N)c1C. The fourth-order valence-corrected chi connectivity index (χ4v) is 3.31. The van der Waals surface area contributed by atoms with Crippen LogP contribution in [0.4, 0.5) is 5.69 Å². The summed E-state index contributed by atoms with van der Waals surface area (Å²) in [6.07, 6.45) is 0.573. The van der Waals surface area contributed by atoms with Crippen molar-refractivity contribution in [3.8, 4) is 0 Å². The number of carbonyl (C=O) groups is 1. The topological polar surface area (TPSA) is 98.5 Å². The molecular weight excluding hydrogens is 292 g/mol. The quantitative estimate of drug-likeness (QED) is 0.451. The minimum atomic E-state index is -3.63. The number of nitrogens with one attached hydrogen (secondary N) is 1. The van der Waals surface area contributed by atoms with Gasteiger partial charge in [-0.25, -0.2) is 13.1 Å². The first kappa shape index (κ1) is 17.5. The first-order valence-corrected chi connectivity index (χ1v) is 8.28. The zero-order valence-corrected chi connectivity index (χ0v) is 13.4. The summed E-state index contributed by atoms with van der Waals surface area (Å²) in [6.45, 7) is 5.68. The van der Waals surface area contributed by atoms with Crippen LogP contribution in [0.5, 0.6) is 0 Å². The van der Waals surface area contributed by atoms with Crippen molar-refractivity contribution >= 4 is 21.7 Å². The van der Waals surface area contributed by atoms with Gasteiger partial charge in [0.1, 0.15) is 0 Å². The summed E-state index contributed by atoms with van der Waals surface area (Å²) < 4.78 is 31.7. The Kier molecular flexibility index (Phi) is 6.17. The monoisotopic (exact) mass is 314 g/mol. The highest BCUT2D eigenvalue weighted by Gasteiger charge is 2.18. The number of carbonyl (C=O) groups excluding carboxylic acids is 1. The third-order valence-corrected chi connectivity index (χ3v) is 4.58. The van der Waals surface area contributed by atoms with Crippen LogP contribution in [0.2, 0.25) is 0 Å². The summed E-state index contributed by atoms with van der Waals surface area (Å²) in [6, 6.07) is 3.31. The van der Waals surface area contributed by atoms with E-state index in [0.29, 0.717) is 24.3 Å². The Morgan fingerprint density at radius 2 is 2.00 bits per heavy atom. The maximum absolute atomic E-state index is 12.2. The molecule has 0 amide bonds. The van der Waals surface area contributed by atoms with Crippen molar-refractivity contribution in [2.24, 2.45) is 0 Å². The number of anilines is 1. The minimum absolute atomic E-state index is 0.175. The molecule has 0 aliphatic rings. The number of hydrogen-bond donors (Lipinski definition) is 2. The van der Waals surface area contributed by atoms with Crippen LogP contribution >= 0.6 is 0 Å². The maximum Gasteiger partial charge on any atom is 0.305 e. The van der Waals surface area contributed by atoms with Crippen LogP contribution in [0.25, 0.3) is 0 Å². The van der Waals surface area contributed by atoms with Crippen LogP contribution in [0.1, 0.15) is 30.9 Å². The molecule has 1 aromatic rings. The largest absolute Gasteiger partial charge is 0.466 e. The van der Waals surface area contributed by atoms with Crippen LogP contribution in [0.15, 0.2) is 17.0 Å². The highest BCUT2D eigenvalue weighted by atomic mass is 32.2. The third kappa shape index (κ3) is 5.02. The van der Waals surface area contributed by atoms with Gasteiger partial charge in [-0.1, -0.05) is 0 Å². The first-order valence-electron chi connectivity index (χ1n) is 6.80. The van der Waals surface area contributed by atoms with Gasteiger partial charge in [0.15, 0.2) is 0 Å². The van der Waals surface area contributed by atoms with E-state index < -0.39 is 10.0 Å². The Bertz CT molecular complexity index is 612. The van der Waals surface area contributed by atoms with E-state index in [1.807, 2.05) is 0 Å². The molecule has 118 valence electrons. The Hall–Kier alpha value is -1.60. The second kappa shape index (κ2) is 7.42. The number of benzene rings is 1. The molecule has 0 radical (unpaired) electrons. The summed E-state index contributed by atoms with van der Waals surface area (Å²) >= 11 is 0. The van der Waals surface area contributed by atoms with Crippen molar-refractivity contribution in [1.82, 2.24) is 4.72 Å². The molecule has 3 N–H and O–H groups in total. The summed E-state index contributed by atoms with van der Waals surface area (Å²) in [5, 5.41) is 0. The van der Waals surface area contributed by atoms with Crippen LogP contribution in [0.3, 0.4) is 0 Å². The maximum atomic E-state index is 12.2. The van der Waals surface area contributed by atoms with Crippen molar-refractivity contribution in [3.63, 3.8) is 0 Å². The normalized spacial score (nSPS) is 11.4. The number of esters is 1. The van der Waals surface area contributed by atoms with Gasteiger partial charge in [-0.05, 0) is 50.5 Å². The van der Waals surface area contributed by atoms with Crippen LogP contribution in [-0.4, -0.2) is 27.5 Å². The average molecular weight is 314 g/mol. The summed E-state index contributed by atoms with van der Waals surface area (Å²) in [5.41, 5.74) is 7.55. The van der Waals surface area contributed by atoms with Gasteiger partial charge in [-0.3, -0.25) is 4.79 Å². The second-order valence-electron chi connectivity index (χ2n) is 4.78. The second-order valence-corrected chi connectivity index (χ2v) is 6.52. The van der Waals surface area contributed by atoms with E-state index in [0.717, 1.165) is 5.56 Å². The van der Waals surface area contributed by atoms with Gasteiger partial charge in [0.2, 0.25) is 10.0 Å². The van der Waals surface area contributed by atoms with Crippen LogP contribution in [0, 0.1) is 13.8 Å². The van der Waals surface area contributed by atoms with Crippen LogP contribution < -0.4 is 10.5 Å². The number of sulfonamides is 1. The van der Waals surface area contributed by atoms with Crippen molar-refractivity contribution in [3.05, 3.63) is 23.3 Å². The lowest BCUT2D eigenvalue weighted by atomic mass is 10.1. The smallest absolute Gasteiger partial charge is 0.305 e. The van der Waals surface area contributed by atoms with E-state index in [9.17, 15) is 13.2 Å². The molecule has 0 aliphatic heterocycles. The van der Waals surface area contributed by atoms with Gasteiger partial charge in [0.05, 0.1) is 11.5 Å². The summed E-state index contributed by atoms with van der Waals surface area (Å²) in [4.78, 5) is 11.3. The molecule has 0 saturated heterocycles. The first-order chi connectivity index (χ1) is 9.77. The molecular formula is C14H22N2O4S. The number of rotatable bonds is 7. The van der Waals surface area contributed by atoms with E-state index in [4.69, 9.17) is 10.5 Å². The Balaban J connectivity index is 2.69. The number of nitrogen functional groups attached to an aromatic ring is 1. The van der Waals surface area contributed by atoms with Gasteiger partial charge >= 0.3 is 5.97 Å². The number of hydrogen-bond acceptors (Lipinski definition) is 5. The molecule has 7 heteroatoms. The lowest BCUT2D eigenvalue weighted by molar-refractivity contribution is -0.143. The average Bonchev–Trinajstić information content (AvgIpc) is 2.39. The molecule has 0 heterocycles. The van der Waals surface area contributed by atoms with E-state index in [1.165, 1.54) is 0 Å². The lowest BCUT2D eigenvalue weighted by Crippen LogP contribution is -2.26. The summed E-state index contributed by atoms with van der Waals surface area (Å²) in [5.74, 6) is -0.326. The zero-order chi connectivity index (χ0) is 16.0. The molecule has 0 aromatic heterocycles. The number of ether oxygens (including phenoxy) is 1. The van der Waals surface area contributed by atoms with Gasteiger partial charge in [0.25, 0.3) is 0 Å². The minimum Gasteiger partial charge on any atom is -0.466 e. The molecule has 0 fully saturated rings. The predicted octanol–water partition coefficient (Wildman–Crippen LogP) is 1.51. The zero-order valence-electron chi connectivity index (χ0n) is 12.6. The highest BCUT2D eigenvalue weighted by molar-refractivity contribution is 7.89. The van der Waals surface area contributed by atoms with Gasteiger partial charge in [0, 0.05) is 18.7 Å². The third-order valence-electron chi connectivity index (χ3n) is 2.99. The lowest BCUT2D eigenvalue weighted by Gasteiger charge is -2.12. The standard InChI is InChI=1S/C14H22N2O4S/c1-4-20-14(17)6-5-7-16-21(18,19)13-9-10(2)8-12(15)11(13)3/h8-9,16H,4-7,15H2,1-3H3. The Morgan fingerprint density at radius 3 is 2.62 bits per heavy atom. The molecule has 0 unspecified atom stereocenters. The van der Waals surface area contributed by atoms with E-state index in [-0.39, 0.29) is 23.8 Å². The number of aryl methyl sites for hydroxylation is 1.